The van der Waals surface area contributed by atoms with E-state index in [2.05, 4.69) is 24.0 Å². The lowest BCUT2D eigenvalue weighted by Gasteiger charge is -2.04. The van der Waals surface area contributed by atoms with Crippen molar-refractivity contribution in [1.29, 1.82) is 0 Å². The Balaban J connectivity index is 2.18. The van der Waals surface area contributed by atoms with Crippen LogP contribution in [0.1, 0.15) is 12.5 Å². The molecular formula is C17H15NO. The summed E-state index contributed by atoms with van der Waals surface area (Å²) in [6, 6.07) is 18.0. The number of H-pyrrole nitrogens is 1. The van der Waals surface area contributed by atoms with E-state index in [0.717, 1.165) is 28.5 Å². The molecule has 0 saturated carbocycles. The van der Waals surface area contributed by atoms with Gasteiger partial charge in [-0.15, -0.1) is 0 Å². The summed E-state index contributed by atoms with van der Waals surface area (Å²) in [5, 5.41) is 1.05. The summed E-state index contributed by atoms with van der Waals surface area (Å²) >= 11 is 0. The van der Waals surface area contributed by atoms with Gasteiger partial charge in [-0.3, -0.25) is 4.79 Å². The largest absolute Gasteiger partial charge is 0.321 e. The van der Waals surface area contributed by atoms with Gasteiger partial charge in [0.15, 0.2) is 0 Å². The number of fused-ring (bicyclic) bond motifs is 1. The summed E-state index contributed by atoms with van der Waals surface area (Å²) in [7, 11) is 0. The molecule has 0 amide bonds. The van der Waals surface area contributed by atoms with Crippen LogP contribution >= 0.6 is 0 Å². The SMILES string of the molecule is CCc1ccc(-c2cc3ccccc3[nH]c2=O)cc1. The van der Waals surface area contributed by atoms with Gasteiger partial charge in [-0.1, -0.05) is 49.4 Å². The Morgan fingerprint density at radius 2 is 1.74 bits per heavy atom. The van der Waals surface area contributed by atoms with Crippen molar-refractivity contribution in [3.63, 3.8) is 0 Å². The van der Waals surface area contributed by atoms with Crippen molar-refractivity contribution in [3.05, 3.63) is 70.5 Å². The molecule has 0 saturated heterocycles. The number of hydrogen-bond acceptors (Lipinski definition) is 1. The van der Waals surface area contributed by atoms with Crippen molar-refractivity contribution < 1.29 is 0 Å². The number of rotatable bonds is 2. The Hall–Kier alpha value is -2.35. The number of aryl methyl sites for hydroxylation is 1. The standard InChI is InChI=1S/C17H15NO/c1-2-12-7-9-13(10-8-12)15-11-14-5-3-4-6-16(14)18-17(15)19/h3-11H,2H2,1H3,(H,18,19). The molecule has 0 spiro atoms. The second kappa shape index (κ2) is 4.73. The molecule has 0 atom stereocenters. The van der Waals surface area contributed by atoms with E-state index in [9.17, 15) is 4.79 Å². The Kier molecular flexibility index (Phi) is 2.92. The fourth-order valence-electron chi connectivity index (χ4n) is 2.28. The summed E-state index contributed by atoms with van der Waals surface area (Å²) in [5.74, 6) is 0. The second-order valence-electron chi connectivity index (χ2n) is 4.65. The zero-order valence-electron chi connectivity index (χ0n) is 10.8. The van der Waals surface area contributed by atoms with Crippen LogP contribution in [0.15, 0.2) is 59.4 Å². The van der Waals surface area contributed by atoms with E-state index in [1.807, 2.05) is 42.5 Å². The Labute approximate surface area is 111 Å². The van der Waals surface area contributed by atoms with Crippen molar-refractivity contribution >= 4 is 10.9 Å². The lowest BCUT2D eigenvalue weighted by molar-refractivity contribution is 1.14. The maximum absolute atomic E-state index is 12.1. The van der Waals surface area contributed by atoms with Crippen LogP contribution < -0.4 is 5.56 Å². The van der Waals surface area contributed by atoms with E-state index < -0.39 is 0 Å². The third-order valence-corrected chi connectivity index (χ3v) is 3.43. The zero-order chi connectivity index (χ0) is 13.2. The summed E-state index contributed by atoms with van der Waals surface area (Å²) < 4.78 is 0. The van der Waals surface area contributed by atoms with Crippen LogP contribution in [0.4, 0.5) is 0 Å². The number of hydrogen-bond donors (Lipinski definition) is 1. The van der Waals surface area contributed by atoms with Gasteiger partial charge in [0.1, 0.15) is 0 Å². The Bertz CT molecular complexity index is 769. The van der Waals surface area contributed by atoms with Crippen LogP contribution in [-0.2, 0) is 6.42 Å². The fraction of sp³-hybridized carbons (Fsp3) is 0.118. The smallest absolute Gasteiger partial charge is 0.256 e. The summed E-state index contributed by atoms with van der Waals surface area (Å²) in [6.45, 7) is 2.12. The molecule has 1 N–H and O–H groups in total. The predicted molar refractivity (Wildman–Crippen MR) is 79.4 cm³/mol. The first-order valence-corrected chi connectivity index (χ1v) is 6.49. The van der Waals surface area contributed by atoms with E-state index >= 15 is 0 Å². The van der Waals surface area contributed by atoms with Crippen molar-refractivity contribution in [1.82, 2.24) is 4.98 Å². The number of benzene rings is 2. The van der Waals surface area contributed by atoms with E-state index in [1.54, 1.807) is 0 Å². The summed E-state index contributed by atoms with van der Waals surface area (Å²) in [5.41, 5.74) is 3.80. The first-order chi connectivity index (χ1) is 9.28. The first kappa shape index (κ1) is 11.7. The normalized spacial score (nSPS) is 10.8. The average Bonchev–Trinajstić information content (AvgIpc) is 2.47. The molecule has 0 unspecified atom stereocenters. The maximum Gasteiger partial charge on any atom is 0.256 e. The minimum Gasteiger partial charge on any atom is -0.321 e. The first-order valence-electron chi connectivity index (χ1n) is 6.49. The number of pyridine rings is 1. The van der Waals surface area contributed by atoms with Crippen LogP contribution in [0.2, 0.25) is 0 Å². The molecule has 3 rings (SSSR count). The van der Waals surface area contributed by atoms with Crippen LogP contribution in [-0.4, -0.2) is 4.98 Å². The van der Waals surface area contributed by atoms with Gasteiger partial charge in [0.2, 0.25) is 0 Å². The van der Waals surface area contributed by atoms with Crippen molar-refractivity contribution in [2.75, 3.05) is 0 Å². The number of aromatic amines is 1. The van der Waals surface area contributed by atoms with E-state index in [0.29, 0.717) is 0 Å². The van der Waals surface area contributed by atoms with Gasteiger partial charge in [0, 0.05) is 11.1 Å². The van der Waals surface area contributed by atoms with Gasteiger partial charge in [0.25, 0.3) is 5.56 Å². The molecule has 0 aliphatic rings. The van der Waals surface area contributed by atoms with Crippen molar-refractivity contribution in [2.24, 2.45) is 0 Å². The molecular weight excluding hydrogens is 234 g/mol. The molecule has 0 bridgehead atoms. The molecule has 0 fully saturated rings. The van der Waals surface area contributed by atoms with E-state index in [4.69, 9.17) is 0 Å². The minimum atomic E-state index is -0.0389. The summed E-state index contributed by atoms with van der Waals surface area (Å²) in [4.78, 5) is 15.1. The highest BCUT2D eigenvalue weighted by Gasteiger charge is 2.05. The average molecular weight is 249 g/mol. The van der Waals surface area contributed by atoms with Crippen LogP contribution in [0.3, 0.4) is 0 Å². The fourth-order valence-corrected chi connectivity index (χ4v) is 2.28. The highest BCUT2D eigenvalue weighted by Crippen LogP contribution is 2.20. The molecule has 2 nitrogen and oxygen atoms in total. The summed E-state index contributed by atoms with van der Waals surface area (Å²) in [6.07, 6.45) is 1.01. The highest BCUT2D eigenvalue weighted by molar-refractivity contribution is 5.83. The topological polar surface area (TPSA) is 32.9 Å². The quantitative estimate of drug-likeness (QED) is 0.737. The molecule has 19 heavy (non-hydrogen) atoms. The van der Waals surface area contributed by atoms with Crippen LogP contribution in [0.25, 0.3) is 22.0 Å². The van der Waals surface area contributed by atoms with Gasteiger partial charge < -0.3 is 4.98 Å². The minimum absolute atomic E-state index is 0.0389. The Morgan fingerprint density at radius 1 is 1.00 bits per heavy atom. The molecule has 2 aromatic carbocycles. The molecule has 0 aliphatic heterocycles. The molecule has 2 heteroatoms. The molecule has 94 valence electrons. The van der Waals surface area contributed by atoms with E-state index in [1.165, 1.54) is 5.56 Å². The number of para-hydroxylation sites is 1. The molecule has 1 aromatic heterocycles. The lowest BCUT2D eigenvalue weighted by Crippen LogP contribution is -2.08. The van der Waals surface area contributed by atoms with Gasteiger partial charge in [-0.25, -0.2) is 0 Å². The predicted octanol–water partition coefficient (Wildman–Crippen LogP) is 3.76. The van der Waals surface area contributed by atoms with Crippen LogP contribution in [0.5, 0.6) is 0 Å². The maximum atomic E-state index is 12.1. The number of aromatic nitrogens is 1. The van der Waals surface area contributed by atoms with E-state index in [-0.39, 0.29) is 5.56 Å². The molecule has 3 aromatic rings. The Morgan fingerprint density at radius 3 is 2.47 bits per heavy atom. The molecule has 0 aliphatic carbocycles. The zero-order valence-corrected chi connectivity index (χ0v) is 10.8. The van der Waals surface area contributed by atoms with Gasteiger partial charge >= 0.3 is 0 Å². The van der Waals surface area contributed by atoms with Gasteiger partial charge in [0.05, 0.1) is 0 Å². The lowest BCUT2D eigenvalue weighted by atomic mass is 10.0. The molecule has 0 radical (unpaired) electrons. The van der Waals surface area contributed by atoms with Crippen molar-refractivity contribution in [2.45, 2.75) is 13.3 Å². The number of nitrogens with one attached hydrogen (secondary N) is 1. The molecule has 1 heterocycles. The third-order valence-electron chi connectivity index (χ3n) is 3.43. The van der Waals surface area contributed by atoms with Crippen molar-refractivity contribution in [3.8, 4) is 11.1 Å². The monoisotopic (exact) mass is 249 g/mol. The highest BCUT2D eigenvalue weighted by atomic mass is 16.1. The third kappa shape index (κ3) is 2.17. The van der Waals surface area contributed by atoms with Crippen LogP contribution in [0, 0.1) is 0 Å². The second-order valence-corrected chi connectivity index (χ2v) is 4.65. The van der Waals surface area contributed by atoms with Gasteiger partial charge in [-0.05, 0) is 35.1 Å². The van der Waals surface area contributed by atoms with Gasteiger partial charge in [-0.2, -0.15) is 0 Å².